The smallest absolute Gasteiger partial charge is 0.269 e. The molecule has 0 saturated carbocycles. The summed E-state index contributed by atoms with van der Waals surface area (Å²) in [5.41, 5.74) is 5.48. The van der Waals surface area contributed by atoms with Gasteiger partial charge in [-0.2, -0.15) is 0 Å². The number of carbonyl (C=O) groups excluding carboxylic acids is 2. The summed E-state index contributed by atoms with van der Waals surface area (Å²) in [6.45, 7) is 0.121. The summed E-state index contributed by atoms with van der Waals surface area (Å²) >= 11 is 12.0. The quantitative estimate of drug-likeness (QED) is 0.818. The molecule has 124 valence electrons. The molecule has 0 radical (unpaired) electrons. The Bertz CT molecular complexity index is 790. The van der Waals surface area contributed by atoms with Crippen LogP contribution in [-0.2, 0) is 11.2 Å². The van der Waals surface area contributed by atoms with Crippen molar-refractivity contribution in [2.45, 2.75) is 6.42 Å². The van der Waals surface area contributed by atoms with E-state index in [-0.39, 0.29) is 13.2 Å². The summed E-state index contributed by atoms with van der Waals surface area (Å²) in [7, 11) is 0. The Morgan fingerprint density at radius 3 is 2.46 bits per heavy atom. The maximum Gasteiger partial charge on any atom is 0.269 e. The van der Waals surface area contributed by atoms with Gasteiger partial charge < -0.3 is 9.47 Å². The van der Waals surface area contributed by atoms with Gasteiger partial charge in [0.25, 0.3) is 5.91 Å². The molecule has 0 aliphatic carbocycles. The molecule has 1 aliphatic heterocycles. The molecule has 0 fully saturated rings. The Kier molecular flexibility index (Phi) is 4.78. The summed E-state index contributed by atoms with van der Waals surface area (Å²) in [5.74, 6) is 0.131. The number of nitrogens with one attached hydrogen (secondary N) is 2. The van der Waals surface area contributed by atoms with Crippen molar-refractivity contribution in [2.24, 2.45) is 0 Å². The normalized spacial score (nSPS) is 11.9. The summed E-state index contributed by atoms with van der Waals surface area (Å²) in [6.07, 6.45) is -0.0556. The minimum Gasteiger partial charge on any atom is -0.454 e. The largest absolute Gasteiger partial charge is 0.454 e. The lowest BCUT2D eigenvalue weighted by atomic mass is 10.1. The molecule has 0 saturated heterocycles. The Balaban J connectivity index is 1.59. The number of hydrogen-bond acceptors (Lipinski definition) is 4. The Morgan fingerprint density at radius 2 is 1.71 bits per heavy atom. The predicted molar refractivity (Wildman–Crippen MR) is 88.3 cm³/mol. The van der Waals surface area contributed by atoms with E-state index in [1.54, 1.807) is 30.3 Å². The van der Waals surface area contributed by atoms with E-state index in [0.29, 0.717) is 32.7 Å². The maximum atomic E-state index is 12.1. The second kappa shape index (κ2) is 6.98. The molecule has 0 atom stereocenters. The fourth-order valence-corrected chi connectivity index (χ4v) is 2.67. The van der Waals surface area contributed by atoms with Crippen molar-refractivity contribution in [1.82, 2.24) is 10.9 Å². The molecule has 24 heavy (non-hydrogen) atoms. The fourth-order valence-electron chi connectivity index (χ4n) is 2.14. The van der Waals surface area contributed by atoms with Gasteiger partial charge in [-0.3, -0.25) is 20.4 Å². The molecule has 8 heteroatoms. The third kappa shape index (κ3) is 3.55. The number of ether oxygens (including phenoxy) is 2. The number of hydrogen-bond donors (Lipinski definition) is 2. The van der Waals surface area contributed by atoms with Crippen molar-refractivity contribution in [1.29, 1.82) is 0 Å². The van der Waals surface area contributed by atoms with Gasteiger partial charge in [-0.25, -0.2) is 0 Å². The molecular formula is C16H12Cl2N2O4. The molecule has 1 aliphatic rings. The topological polar surface area (TPSA) is 76.7 Å². The van der Waals surface area contributed by atoms with Gasteiger partial charge >= 0.3 is 0 Å². The lowest BCUT2D eigenvalue weighted by Crippen LogP contribution is -2.42. The summed E-state index contributed by atoms with van der Waals surface area (Å²) in [5, 5.41) is 0.777. The lowest BCUT2D eigenvalue weighted by Gasteiger charge is -2.09. The Morgan fingerprint density at radius 1 is 1.00 bits per heavy atom. The molecule has 1 heterocycles. The summed E-state index contributed by atoms with van der Waals surface area (Å²) in [4.78, 5) is 24.0. The molecule has 0 spiro atoms. The molecule has 0 unspecified atom stereocenters. The van der Waals surface area contributed by atoms with Crippen LogP contribution in [0.5, 0.6) is 11.5 Å². The van der Waals surface area contributed by atoms with Crippen molar-refractivity contribution in [3.63, 3.8) is 0 Å². The van der Waals surface area contributed by atoms with Crippen molar-refractivity contribution in [2.75, 3.05) is 6.79 Å². The van der Waals surface area contributed by atoms with Crippen LogP contribution in [0.15, 0.2) is 36.4 Å². The number of hydrazine groups is 1. The van der Waals surface area contributed by atoms with Gasteiger partial charge in [0, 0.05) is 15.6 Å². The zero-order chi connectivity index (χ0) is 17.1. The minimum absolute atomic E-state index is 0.0556. The van der Waals surface area contributed by atoms with Gasteiger partial charge in [0.05, 0.1) is 6.42 Å². The first-order valence-corrected chi connectivity index (χ1v) is 7.72. The van der Waals surface area contributed by atoms with Crippen LogP contribution in [0.1, 0.15) is 15.9 Å². The maximum absolute atomic E-state index is 12.1. The monoisotopic (exact) mass is 366 g/mol. The predicted octanol–water partition coefficient (Wildman–Crippen LogP) is 2.73. The van der Waals surface area contributed by atoms with Crippen LogP contribution < -0.4 is 20.3 Å². The number of amides is 2. The van der Waals surface area contributed by atoms with Crippen LogP contribution >= 0.6 is 23.2 Å². The molecular weight excluding hydrogens is 355 g/mol. The molecule has 0 bridgehead atoms. The van der Waals surface area contributed by atoms with Gasteiger partial charge in [0.15, 0.2) is 11.5 Å². The van der Waals surface area contributed by atoms with E-state index in [1.807, 2.05) is 0 Å². The average Bonchev–Trinajstić information content (AvgIpc) is 3.03. The van der Waals surface area contributed by atoms with Gasteiger partial charge in [0.2, 0.25) is 12.7 Å². The number of halogens is 2. The highest BCUT2D eigenvalue weighted by molar-refractivity contribution is 6.36. The number of rotatable bonds is 3. The van der Waals surface area contributed by atoms with Crippen molar-refractivity contribution in [3.8, 4) is 11.5 Å². The van der Waals surface area contributed by atoms with Crippen LogP contribution in [-0.4, -0.2) is 18.6 Å². The fraction of sp³-hybridized carbons (Fsp3) is 0.125. The Labute approximate surface area is 147 Å². The van der Waals surface area contributed by atoms with Crippen molar-refractivity contribution >= 4 is 35.0 Å². The van der Waals surface area contributed by atoms with E-state index >= 15 is 0 Å². The van der Waals surface area contributed by atoms with Crippen LogP contribution in [0.25, 0.3) is 0 Å². The van der Waals surface area contributed by atoms with E-state index in [1.165, 1.54) is 6.07 Å². The molecule has 2 amide bonds. The van der Waals surface area contributed by atoms with Crippen molar-refractivity contribution < 1.29 is 19.1 Å². The van der Waals surface area contributed by atoms with Crippen LogP contribution in [0, 0.1) is 0 Å². The highest BCUT2D eigenvalue weighted by Crippen LogP contribution is 2.32. The first-order valence-electron chi connectivity index (χ1n) is 6.96. The molecule has 2 aromatic carbocycles. The summed E-state index contributed by atoms with van der Waals surface area (Å²) in [6, 6.07) is 9.70. The average molecular weight is 367 g/mol. The molecule has 6 nitrogen and oxygen atoms in total. The number of fused-ring (bicyclic) bond motifs is 1. The van der Waals surface area contributed by atoms with Gasteiger partial charge in [0.1, 0.15) is 0 Å². The van der Waals surface area contributed by atoms with Crippen LogP contribution in [0.3, 0.4) is 0 Å². The number of carbonyl (C=O) groups is 2. The SMILES string of the molecule is O=C(Cc1c(Cl)cccc1Cl)NNC(=O)c1ccc2c(c1)OCO2. The van der Waals surface area contributed by atoms with Crippen LogP contribution in [0.4, 0.5) is 0 Å². The van der Waals surface area contributed by atoms with Crippen LogP contribution in [0.2, 0.25) is 10.0 Å². The van der Waals surface area contributed by atoms with E-state index in [9.17, 15) is 9.59 Å². The third-order valence-electron chi connectivity index (χ3n) is 3.35. The van der Waals surface area contributed by atoms with Crippen molar-refractivity contribution in [3.05, 3.63) is 57.6 Å². The minimum atomic E-state index is -0.480. The van der Waals surface area contributed by atoms with E-state index < -0.39 is 11.8 Å². The summed E-state index contributed by atoms with van der Waals surface area (Å²) < 4.78 is 10.4. The molecule has 2 aromatic rings. The van der Waals surface area contributed by atoms with Gasteiger partial charge in [-0.1, -0.05) is 29.3 Å². The highest BCUT2D eigenvalue weighted by Gasteiger charge is 2.17. The third-order valence-corrected chi connectivity index (χ3v) is 4.06. The standard InChI is InChI=1S/C16H12Cl2N2O4/c17-11-2-1-3-12(18)10(11)7-15(21)19-20-16(22)9-4-5-13-14(6-9)24-8-23-13/h1-6H,7-8H2,(H,19,21)(H,20,22). The molecule has 2 N–H and O–H groups in total. The zero-order valence-corrected chi connectivity index (χ0v) is 13.8. The first kappa shape index (κ1) is 16.4. The second-order valence-electron chi connectivity index (χ2n) is 4.95. The second-order valence-corrected chi connectivity index (χ2v) is 5.76. The highest BCUT2D eigenvalue weighted by atomic mass is 35.5. The van der Waals surface area contributed by atoms with Gasteiger partial charge in [-0.05, 0) is 35.9 Å². The van der Waals surface area contributed by atoms with Gasteiger partial charge in [-0.15, -0.1) is 0 Å². The lowest BCUT2D eigenvalue weighted by molar-refractivity contribution is -0.121. The zero-order valence-electron chi connectivity index (χ0n) is 12.3. The number of benzene rings is 2. The van der Waals surface area contributed by atoms with E-state index in [0.717, 1.165) is 0 Å². The van der Waals surface area contributed by atoms with E-state index in [2.05, 4.69) is 10.9 Å². The van der Waals surface area contributed by atoms with E-state index in [4.69, 9.17) is 32.7 Å². The molecule has 0 aromatic heterocycles. The molecule has 3 rings (SSSR count). The first-order chi connectivity index (χ1) is 11.5. The Hall–Kier alpha value is -2.44.